The van der Waals surface area contributed by atoms with Crippen molar-refractivity contribution < 1.29 is 14.4 Å². The maximum Gasteiger partial charge on any atom is 0.308 e. The van der Waals surface area contributed by atoms with Gasteiger partial charge < -0.3 is 9.63 Å². The summed E-state index contributed by atoms with van der Waals surface area (Å²) < 4.78 is 5.72. The number of rotatable bonds is 3. The second-order valence-electron chi connectivity index (χ2n) is 3.27. The Balaban J connectivity index is 2.40. The van der Waals surface area contributed by atoms with E-state index in [1.165, 1.54) is 6.26 Å². The summed E-state index contributed by atoms with van der Waals surface area (Å²) in [6.07, 6.45) is 1.27. The average Bonchev–Trinajstić information content (AvgIpc) is 2.65. The average molecular weight is 282 g/mol. The zero-order valence-electron chi connectivity index (χ0n) is 8.18. The van der Waals surface area contributed by atoms with Crippen molar-refractivity contribution >= 4 is 21.9 Å². The van der Waals surface area contributed by atoms with Gasteiger partial charge in [-0.25, -0.2) is 0 Å². The lowest BCUT2D eigenvalue weighted by Crippen LogP contribution is -2.00. The predicted octanol–water partition coefficient (Wildman–Crippen LogP) is 2.73. The van der Waals surface area contributed by atoms with Crippen LogP contribution in [0.5, 0.6) is 0 Å². The maximum atomic E-state index is 10.6. The zero-order valence-corrected chi connectivity index (χ0v) is 9.77. The molecule has 0 aliphatic rings. The van der Waals surface area contributed by atoms with Crippen LogP contribution in [0.2, 0.25) is 0 Å². The first kappa shape index (κ1) is 10.9. The van der Waals surface area contributed by atoms with Crippen LogP contribution in [0.4, 0.5) is 0 Å². The Bertz CT molecular complexity index is 521. The van der Waals surface area contributed by atoms with Crippen molar-refractivity contribution in [3.05, 3.63) is 40.6 Å². The molecule has 0 aliphatic carbocycles. The molecule has 0 fully saturated rings. The molecule has 0 amide bonds. The summed E-state index contributed by atoms with van der Waals surface area (Å²) in [6, 6.07) is 7.47. The number of aliphatic carboxylic acids is 1. The van der Waals surface area contributed by atoms with Crippen LogP contribution in [0, 0.1) is 0 Å². The van der Waals surface area contributed by atoms with Crippen molar-refractivity contribution in [2.45, 2.75) is 6.42 Å². The minimum absolute atomic E-state index is 0.0919. The van der Waals surface area contributed by atoms with Crippen LogP contribution >= 0.6 is 15.9 Å². The highest BCUT2D eigenvalue weighted by molar-refractivity contribution is 9.10. The van der Waals surface area contributed by atoms with Crippen LogP contribution in [-0.4, -0.2) is 16.2 Å². The second kappa shape index (κ2) is 4.49. The lowest BCUT2D eigenvalue weighted by Gasteiger charge is -1.99. The second-order valence-corrected chi connectivity index (χ2v) is 4.18. The summed E-state index contributed by atoms with van der Waals surface area (Å²) in [5, 5.41) is 12.6. The molecule has 0 radical (unpaired) electrons. The van der Waals surface area contributed by atoms with Gasteiger partial charge in [-0.05, 0) is 12.1 Å². The first-order valence-electron chi connectivity index (χ1n) is 4.58. The van der Waals surface area contributed by atoms with E-state index < -0.39 is 5.97 Å². The molecule has 4 nitrogen and oxygen atoms in total. The molecule has 5 heteroatoms. The molecule has 0 atom stereocenters. The van der Waals surface area contributed by atoms with Crippen molar-refractivity contribution in [2.24, 2.45) is 0 Å². The number of carboxylic acid groups (broad SMARTS) is 1. The number of halogens is 1. The lowest BCUT2D eigenvalue weighted by atomic mass is 10.1. The molecule has 0 saturated carbocycles. The summed E-state index contributed by atoms with van der Waals surface area (Å²) in [6.45, 7) is 0. The van der Waals surface area contributed by atoms with Crippen LogP contribution in [0.25, 0.3) is 11.3 Å². The molecule has 16 heavy (non-hydrogen) atoms. The number of carboxylic acids is 1. The van der Waals surface area contributed by atoms with Gasteiger partial charge in [0, 0.05) is 15.6 Å². The van der Waals surface area contributed by atoms with Gasteiger partial charge >= 0.3 is 5.97 Å². The first-order chi connectivity index (χ1) is 7.66. The van der Waals surface area contributed by atoms with E-state index in [4.69, 9.17) is 9.63 Å². The monoisotopic (exact) mass is 281 g/mol. The maximum absolute atomic E-state index is 10.6. The molecule has 0 spiro atoms. The molecule has 0 saturated heterocycles. The third-order valence-electron chi connectivity index (χ3n) is 2.08. The van der Waals surface area contributed by atoms with Crippen LogP contribution in [-0.2, 0) is 11.2 Å². The van der Waals surface area contributed by atoms with Gasteiger partial charge in [0.2, 0.25) is 0 Å². The summed E-state index contributed by atoms with van der Waals surface area (Å²) >= 11 is 3.35. The SMILES string of the molecule is O=C(O)Cc1conc1-c1cccc(Br)c1. The zero-order chi connectivity index (χ0) is 11.5. The molecule has 1 aromatic carbocycles. The molecule has 1 aromatic heterocycles. The van der Waals surface area contributed by atoms with E-state index in [2.05, 4.69) is 21.1 Å². The van der Waals surface area contributed by atoms with Crippen molar-refractivity contribution in [3.8, 4) is 11.3 Å². The Morgan fingerprint density at radius 3 is 3.00 bits per heavy atom. The fourth-order valence-electron chi connectivity index (χ4n) is 1.42. The van der Waals surface area contributed by atoms with E-state index in [0.717, 1.165) is 10.0 Å². The largest absolute Gasteiger partial charge is 0.481 e. The summed E-state index contributed by atoms with van der Waals surface area (Å²) in [7, 11) is 0. The number of nitrogens with zero attached hydrogens (tertiary/aromatic N) is 1. The number of hydrogen-bond acceptors (Lipinski definition) is 3. The van der Waals surface area contributed by atoms with Crippen LogP contribution in [0.15, 0.2) is 39.5 Å². The highest BCUT2D eigenvalue weighted by Crippen LogP contribution is 2.25. The first-order valence-corrected chi connectivity index (χ1v) is 5.37. The highest BCUT2D eigenvalue weighted by Gasteiger charge is 2.13. The van der Waals surface area contributed by atoms with E-state index in [0.29, 0.717) is 11.3 Å². The van der Waals surface area contributed by atoms with E-state index in [1.54, 1.807) is 0 Å². The number of aromatic nitrogens is 1. The van der Waals surface area contributed by atoms with Gasteiger partial charge in [-0.3, -0.25) is 4.79 Å². The topological polar surface area (TPSA) is 63.3 Å². The van der Waals surface area contributed by atoms with Crippen molar-refractivity contribution in [2.75, 3.05) is 0 Å². The Hall–Kier alpha value is -1.62. The summed E-state index contributed by atoms with van der Waals surface area (Å²) in [5.41, 5.74) is 1.98. The van der Waals surface area contributed by atoms with E-state index in [-0.39, 0.29) is 6.42 Å². The Morgan fingerprint density at radius 1 is 1.50 bits per heavy atom. The van der Waals surface area contributed by atoms with Crippen molar-refractivity contribution in [1.29, 1.82) is 0 Å². The van der Waals surface area contributed by atoms with Gasteiger partial charge in [0.15, 0.2) is 0 Å². The number of hydrogen-bond donors (Lipinski definition) is 1. The molecule has 2 rings (SSSR count). The summed E-state index contributed by atoms with van der Waals surface area (Å²) in [5.74, 6) is -0.903. The van der Waals surface area contributed by atoms with Gasteiger partial charge in [0.25, 0.3) is 0 Å². The van der Waals surface area contributed by atoms with Crippen molar-refractivity contribution in [1.82, 2.24) is 5.16 Å². The Labute approximate surface area is 100 Å². The van der Waals surface area contributed by atoms with Crippen molar-refractivity contribution in [3.63, 3.8) is 0 Å². The predicted molar refractivity (Wildman–Crippen MR) is 61.0 cm³/mol. The van der Waals surface area contributed by atoms with Gasteiger partial charge in [0.05, 0.1) is 6.42 Å². The quantitative estimate of drug-likeness (QED) is 0.940. The molecular weight excluding hydrogens is 274 g/mol. The third kappa shape index (κ3) is 2.30. The highest BCUT2D eigenvalue weighted by atomic mass is 79.9. The standard InChI is InChI=1S/C11H8BrNO3/c12-9-3-1-2-7(4-9)11-8(5-10(14)15)6-16-13-11/h1-4,6H,5H2,(H,14,15). The van der Waals surface area contributed by atoms with E-state index in [1.807, 2.05) is 24.3 Å². The molecule has 0 aliphatic heterocycles. The van der Waals surface area contributed by atoms with Crippen LogP contribution < -0.4 is 0 Å². The molecular formula is C11H8BrNO3. The van der Waals surface area contributed by atoms with Crippen LogP contribution in [0.1, 0.15) is 5.56 Å². The Morgan fingerprint density at radius 2 is 2.31 bits per heavy atom. The molecule has 2 aromatic rings. The molecule has 1 N–H and O–H groups in total. The summed E-state index contributed by atoms with van der Waals surface area (Å²) in [4.78, 5) is 10.6. The molecule has 0 bridgehead atoms. The number of carbonyl (C=O) groups is 1. The normalized spacial score (nSPS) is 10.3. The lowest BCUT2D eigenvalue weighted by molar-refractivity contribution is -0.136. The molecule has 82 valence electrons. The third-order valence-corrected chi connectivity index (χ3v) is 2.58. The minimum Gasteiger partial charge on any atom is -0.481 e. The van der Waals surface area contributed by atoms with E-state index in [9.17, 15) is 4.79 Å². The van der Waals surface area contributed by atoms with Crippen LogP contribution in [0.3, 0.4) is 0 Å². The van der Waals surface area contributed by atoms with Gasteiger partial charge in [-0.15, -0.1) is 0 Å². The molecule has 1 heterocycles. The fraction of sp³-hybridized carbons (Fsp3) is 0.0909. The van der Waals surface area contributed by atoms with Gasteiger partial charge in [-0.1, -0.05) is 33.2 Å². The minimum atomic E-state index is -0.903. The Kier molecular flexibility index (Phi) is 3.05. The molecule has 0 unspecified atom stereocenters. The fourth-order valence-corrected chi connectivity index (χ4v) is 1.82. The smallest absolute Gasteiger partial charge is 0.308 e. The van der Waals surface area contributed by atoms with E-state index >= 15 is 0 Å². The number of benzene rings is 1. The van der Waals surface area contributed by atoms with Gasteiger partial charge in [0.1, 0.15) is 12.0 Å². The van der Waals surface area contributed by atoms with Gasteiger partial charge in [-0.2, -0.15) is 0 Å².